The Morgan fingerprint density at radius 2 is 1.97 bits per heavy atom. The van der Waals surface area contributed by atoms with E-state index in [1.807, 2.05) is 19.9 Å². The molecule has 0 saturated carbocycles. The third kappa shape index (κ3) is 2.31. The highest BCUT2D eigenvalue weighted by atomic mass is 16.3. The number of benzene rings is 1. The summed E-state index contributed by atoms with van der Waals surface area (Å²) in [6.45, 7) is 4.22. The molecular formula is C22H21N3O4. The van der Waals surface area contributed by atoms with Gasteiger partial charge in [0.1, 0.15) is 5.75 Å². The van der Waals surface area contributed by atoms with Crippen LogP contribution in [0.5, 0.6) is 5.75 Å². The molecule has 0 bridgehead atoms. The first-order chi connectivity index (χ1) is 13.9. The molecule has 2 aliphatic rings. The number of amides is 1. The molecule has 2 aliphatic heterocycles. The van der Waals surface area contributed by atoms with E-state index < -0.39 is 17.6 Å². The number of carbonyl (C=O) groups is 1. The summed E-state index contributed by atoms with van der Waals surface area (Å²) in [5.74, 6) is -0.323. The maximum absolute atomic E-state index is 13.5. The minimum Gasteiger partial charge on any atom is -0.508 e. The largest absolute Gasteiger partial charge is 0.508 e. The summed E-state index contributed by atoms with van der Waals surface area (Å²) in [6.07, 6.45) is -0.271. The van der Waals surface area contributed by atoms with Gasteiger partial charge in [-0.25, -0.2) is 4.98 Å². The number of aromatic nitrogens is 2. The van der Waals surface area contributed by atoms with Crippen LogP contribution in [0, 0.1) is 0 Å². The second kappa shape index (κ2) is 5.90. The van der Waals surface area contributed by atoms with Crippen molar-refractivity contribution in [1.29, 1.82) is 0 Å². The smallest absolute Gasteiger partial charge is 0.257 e. The Morgan fingerprint density at radius 1 is 1.21 bits per heavy atom. The molecule has 29 heavy (non-hydrogen) atoms. The van der Waals surface area contributed by atoms with Crippen molar-refractivity contribution in [2.24, 2.45) is 0 Å². The van der Waals surface area contributed by atoms with Crippen molar-refractivity contribution in [3.63, 3.8) is 0 Å². The Hall–Kier alpha value is -3.19. The molecule has 3 N–H and O–H groups in total. The minimum absolute atomic E-state index is 0.158. The second-order valence-corrected chi connectivity index (χ2v) is 7.81. The molecule has 2 aromatic heterocycles. The molecule has 4 heterocycles. The van der Waals surface area contributed by atoms with Crippen LogP contribution in [-0.2, 0) is 16.9 Å². The first kappa shape index (κ1) is 17.9. The molecule has 3 aromatic rings. The van der Waals surface area contributed by atoms with Gasteiger partial charge in [0.25, 0.3) is 11.5 Å². The summed E-state index contributed by atoms with van der Waals surface area (Å²) in [6, 6.07) is 8.61. The van der Waals surface area contributed by atoms with Crippen LogP contribution in [0.4, 0.5) is 0 Å². The molecule has 7 nitrogen and oxygen atoms in total. The van der Waals surface area contributed by atoms with Crippen LogP contribution in [0.25, 0.3) is 22.3 Å². The SMILES string of the molecule is CCC1(CC)NC(=O)C(O)c2cc3n(c(=O)c21)Cc1cc2cc(O)ccc2nc1-3. The Bertz CT molecular complexity index is 1260. The highest BCUT2D eigenvalue weighted by Gasteiger charge is 2.44. The van der Waals surface area contributed by atoms with E-state index in [4.69, 9.17) is 4.98 Å². The Kier molecular flexibility index (Phi) is 3.64. The van der Waals surface area contributed by atoms with Crippen molar-refractivity contribution >= 4 is 16.8 Å². The molecule has 5 rings (SSSR count). The molecule has 1 unspecified atom stereocenters. The molecule has 1 amide bonds. The number of hydrogen-bond acceptors (Lipinski definition) is 5. The van der Waals surface area contributed by atoms with Crippen LogP contribution in [0.1, 0.15) is 49.5 Å². The fourth-order valence-corrected chi connectivity index (χ4v) is 4.72. The fourth-order valence-electron chi connectivity index (χ4n) is 4.72. The number of rotatable bonds is 2. The van der Waals surface area contributed by atoms with E-state index in [1.54, 1.807) is 28.8 Å². The minimum atomic E-state index is -1.38. The number of phenolic OH excluding ortho intramolecular Hbond substituents is 1. The number of nitrogens with zero attached hydrogens (tertiary/aromatic N) is 2. The van der Waals surface area contributed by atoms with Crippen LogP contribution in [-0.4, -0.2) is 25.7 Å². The zero-order valence-corrected chi connectivity index (χ0v) is 16.2. The molecule has 0 radical (unpaired) electrons. The van der Waals surface area contributed by atoms with E-state index in [-0.39, 0.29) is 11.3 Å². The lowest BCUT2D eigenvalue weighted by Gasteiger charge is -2.40. The Labute approximate surface area is 166 Å². The van der Waals surface area contributed by atoms with Crippen LogP contribution < -0.4 is 10.9 Å². The maximum Gasteiger partial charge on any atom is 0.257 e. The van der Waals surface area contributed by atoms with Crippen LogP contribution >= 0.6 is 0 Å². The first-order valence-corrected chi connectivity index (χ1v) is 9.80. The van der Waals surface area contributed by atoms with E-state index in [2.05, 4.69) is 5.32 Å². The van der Waals surface area contributed by atoms with Gasteiger partial charge >= 0.3 is 0 Å². The van der Waals surface area contributed by atoms with Gasteiger partial charge in [0.2, 0.25) is 0 Å². The molecule has 7 heteroatoms. The van der Waals surface area contributed by atoms with Gasteiger partial charge in [0.15, 0.2) is 6.10 Å². The lowest BCUT2D eigenvalue weighted by Crippen LogP contribution is -2.55. The summed E-state index contributed by atoms with van der Waals surface area (Å²) < 4.78 is 1.67. The number of aliphatic hydroxyl groups is 1. The highest BCUT2D eigenvalue weighted by molar-refractivity contribution is 5.88. The molecular weight excluding hydrogens is 370 g/mol. The van der Waals surface area contributed by atoms with Crippen LogP contribution in [0.15, 0.2) is 35.1 Å². The Morgan fingerprint density at radius 3 is 2.69 bits per heavy atom. The van der Waals surface area contributed by atoms with Crippen molar-refractivity contribution in [2.75, 3.05) is 0 Å². The van der Waals surface area contributed by atoms with Gasteiger partial charge in [-0.1, -0.05) is 13.8 Å². The second-order valence-electron chi connectivity index (χ2n) is 7.81. The monoisotopic (exact) mass is 391 g/mol. The topological polar surface area (TPSA) is 104 Å². The molecule has 148 valence electrons. The quantitative estimate of drug-likeness (QED) is 0.486. The van der Waals surface area contributed by atoms with Crippen molar-refractivity contribution < 1.29 is 15.0 Å². The number of hydrogen-bond donors (Lipinski definition) is 3. The van der Waals surface area contributed by atoms with Crippen LogP contribution in [0.2, 0.25) is 0 Å². The van der Waals surface area contributed by atoms with Crippen molar-refractivity contribution in [3.05, 3.63) is 57.4 Å². The predicted molar refractivity (Wildman–Crippen MR) is 108 cm³/mol. The summed E-state index contributed by atoms with van der Waals surface area (Å²) in [4.78, 5) is 30.7. The Balaban J connectivity index is 1.80. The normalized spacial score (nSPS) is 18.9. The molecule has 0 aliphatic carbocycles. The summed E-state index contributed by atoms with van der Waals surface area (Å²) >= 11 is 0. The zero-order valence-electron chi connectivity index (χ0n) is 16.2. The lowest BCUT2D eigenvalue weighted by molar-refractivity contribution is -0.133. The van der Waals surface area contributed by atoms with E-state index >= 15 is 0 Å². The van der Waals surface area contributed by atoms with E-state index in [0.717, 1.165) is 10.9 Å². The average Bonchev–Trinajstić information content (AvgIpc) is 3.07. The van der Waals surface area contributed by atoms with E-state index in [0.29, 0.717) is 47.4 Å². The average molecular weight is 391 g/mol. The van der Waals surface area contributed by atoms with Gasteiger partial charge in [-0.3, -0.25) is 9.59 Å². The third-order valence-electron chi connectivity index (χ3n) is 6.37. The van der Waals surface area contributed by atoms with Gasteiger partial charge in [0.05, 0.1) is 29.0 Å². The molecule has 0 fully saturated rings. The molecule has 1 aromatic carbocycles. The number of fused-ring (bicyclic) bond motifs is 5. The summed E-state index contributed by atoms with van der Waals surface area (Å²) in [7, 11) is 0. The van der Waals surface area contributed by atoms with Crippen molar-refractivity contribution in [3.8, 4) is 17.1 Å². The van der Waals surface area contributed by atoms with E-state index in [1.165, 1.54) is 0 Å². The summed E-state index contributed by atoms with van der Waals surface area (Å²) in [5, 5.41) is 24.0. The lowest BCUT2D eigenvalue weighted by atomic mass is 9.78. The number of aliphatic hydroxyl groups excluding tert-OH is 1. The van der Waals surface area contributed by atoms with Gasteiger partial charge in [-0.2, -0.15) is 0 Å². The van der Waals surface area contributed by atoms with Crippen molar-refractivity contribution in [2.45, 2.75) is 44.9 Å². The fraction of sp³-hybridized carbons (Fsp3) is 0.318. The van der Waals surface area contributed by atoms with E-state index in [9.17, 15) is 19.8 Å². The van der Waals surface area contributed by atoms with Gasteiger partial charge < -0.3 is 20.1 Å². The zero-order chi connectivity index (χ0) is 20.5. The van der Waals surface area contributed by atoms with Gasteiger partial charge in [0, 0.05) is 22.1 Å². The number of aromatic hydroxyl groups is 1. The van der Waals surface area contributed by atoms with Gasteiger partial charge in [-0.15, -0.1) is 0 Å². The standard InChI is InChI=1S/C22H21N3O4/c1-3-22(4-2)17-14(19(27)20(28)24-22)9-16-18-12(10-25(16)21(17)29)7-11-8-13(26)5-6-15(11)23-18/h5-9,19,26-27H,3-4,10H2,1-2H3,(H,24,28). The predicted octanol–water partition coefficient (Wildman–Crippen LogP) is 2.31. The van der Waals surface area contributed by atoms with Gasteiger partial charge in [-0.05, 0) is 43.2 Å². The first-order valence-electron chi connectivity index (χ1n) is 9.80. The van der Waals surface area contributed by atoms with Crippen molar-refractivity contribution in [1.82, 2.24) is 14.9 Å². The highest BCUT2D eigenvalue weighted by Crippen LogP contribution is 2.40. The number of phenols is 1. The number of carbonyl (C=O) groups excluding carboxylic acids is 1. The molecule has 0 spiro atoms. The molecule has 1 atom stereocenters. The molecule has 0 saturated heterocycles. The maximum atomic E-state index is 13.5. The number of pyridine rings is 2. The number of nitrogens with one attached hydrogen (secondary N) is 1. The summed E-state index contributed by atoms with van der Waals surface area (Å²) in [5.41, 5.74) is 2.69. The third-order valence-corrected chi connectivity index (χ3v) is 6.37. The van der Waals surface area contributed by atoms with Crippen LogP contribution in [0.3, 0.4) is 0 Å².